The molecule has 1 atom stereocenters. The topological polar surface area (TPSA) is 88.2 Å². The maximum Gasteiger partial charge on any atom is 0.360 e. The van der Waals surface area contributed by atoms with E-state index >= 15 is 0 Å². The van der Waals surface area contributed by atoms with Crippen molar-refractivity contribution in [1.82, 2.24) is 20.3 Å². The second-order valence-electron chi connectivity index (χ2n) is 5.84. The van der Waals surface area contributed by atoms with Crippen LogP contribution in [0.25, 0.3) is 0 Å². The molecule has 1 aromatic heterocycles. The van der Waals surface area contributed by atoms with Gasteiger partial charge in [-0.2, -0.15) is 19.1 Å². The van der Waals surface area contributed by atoms with Gasteiger partial charge in [0.2, 0.25) is 0 Å². The average molecular weight is 396 g/mol. The van der Waals surface area contributed by atoms with Crippen molar-refractivity contribution in [2.75, 3.05) is 13.2 Å². The Labute approximate surface area is 158 Å². The number of carbonyl (C=O) groups excluding carboxylic acids is 2. The minimum Gasteiger partial charge on any atom is -0.461 e. The molecule has 1 N–H and O–H groups in total. The molecule has 2 heterocycles. The number of aromatic nitrogens is 3. The highest BCUT2D eigenvalue weighted by Crippen LogP contribution is 2.34. The smallest absolute Gasteiger partial charge is 0.360 e. The molecule has 27 heavy (non-hydrogen) atoms. The predicted octanol–water partition coefficient (Wildman–Crippen LogP) is 3.27. The molecule has 3 rings (SSSR count). The Balaban J connectivity index is 1.79. The van der Waals surface area contributed by atoms with Gasteiger partial charge in [0, 0.05) is 17.0 Å². The summed E-state index contributed by atoms with van der Waals surface area (Å²) >= 11 is 0.427. The van der Waals surface area contributed by atoms with Gasteiger partial charge in [-0.15, -0.1) is 5.10 Å². The molecule has 7 nitrogen and oxygen atoms in total. The summed E-state index contributed by atoms with van der Waals surface area (Å²) in [7, 11) is 0. The highest BCUT2D eigenvalue weighted by atomic mass is 32.2. The van der Waals surface area contributed by atoms with Gasteiger partial charge in [-0.3, -0.25) is 4.79 Å². The van der Waals surface area contributed by atoms with Crippen LogP contribution in [0.4, 0.5) is 8.78 Å². The lowest BCUT2D eigenvalue weighted by molar-refractivity contribution is 0.0512. The molecule has 1 amide bonds. The fourth-order valence-corrected chi connectivity index (χ4v) is 3.56. The molecule has 1 aliphatic rings. The summed E-state index contributed by atoms with van der Waals surface area (Å²) in [5.41, 5.74) is 0.844. The number of ether oxygens (including phenoxy) is 1. The number of aromatic amines is 1. The van der Waals surface area contributed by atoms with E-state index in [1.807, 2.05) is 0 Å². The van der Waals surface area contributed by atoms with Gasteiger partial charge in [0.05, 0.1) is 12.6 Å². The summed E-state index contributed by atoms with van der Waals surface area (Å²) in [5, 5.41) is 10.3. The van der Waals surface area contributed by atoms with Crippen LogP contribution in [0.2, 0.25) is 0 Å². The maximum absolute atomic E-state index is 12.9. The van der Waals surface area contributed by atoms with E-state index in [2.05, 4.69) is 15.4 Å². The lowest BCUT2D eigenvalue weighted by Crippen LogP contribution is -2.31. The number of amides is 1. The fraction of sp³-hybridized carbons (Fsp3) is 0.412. The summed E-state index contributed by atoms with van der Waals surface area (Å²) in [6.45, 7) is 2.41. The van der Waals surface area contributed by atoms with Crippen molar-refractivity contribution >= 4 is 23.6 Å². The normalized spacial score (nSPS) is 16.7. The van der Waals surface area contributed by atoms with Crippen molar-refractivity contribution in [2.45, 2.75) is 36.5 Å². The van der Waals surface area contributed by atoms with Crippen LogP contribution in [-0.2, 0) is 4.74 Å². The molecular weight excluding hydrogens is 378 g/mol. The van der Waals surface area contributed by atoms with Crippen LogP contribution in [0.3, 0.4) is 0 Å². The highest BCUT2D eigenvalue weighted by Gasteiger charge is 2.36. The lowest BCUT2D eigenvalue weighted by atomic mass is 10.1. The zero-order chi connectivity index (χ0) is 19.4. The van der Waals surface area contributed by atoms with E-state index in [1.54, 1.807) is 11.8 Å². The van der Waals surface area contributed by atoms with Crippen molar-refractivity contribution in [3.63, 3.8) is 0 Å². The van der Waals surface area contributed by atoms with Gasteiger partial charge in [0.1, 0.15) is 5.69 Å². The lowest BCUT2D eigenvalue weighted by Gasteiger charge is -2.23. The van der Waals surface area contributed by atoms with Gasteiger partial charge in [-0.25, -0.2) is 4.79 Å². The number of hydrogen-bond acceptors (Lipinski definition) is 6. The summed E-state index contributed by atoms with van der Waals surface area (Å²) in [5.74, 6) is -3.35. The summed E-state index contributed by atoms with van der Waals surface area (Å²) in [4.78, 5) is 26.9. The Kier molecular flexibility index (Phi) is 6.04. The number of rotatable bonds is 6. The first-order valence-corrected chi connectivity index (χ1v) is 9.32. The van der Waals surface area contributed by atoms with Crippen LogP contribution in [0.1, 0.15) is 52.3 Å². The highest BCUT2D eigenvalue weighted by molar-refractivity contribution is 7.99. The molecule has 0 radical (unpaired) electrons. The van der Waals surface area contributed by atoms with Gasteiger partial charge in [-0.05, 0) is 44.0 Å². The largest absolute Gasteiger partial charge is 0.461 e. The summed E-state index contributed by atoms with van der Waals surface area (Å²) in [6.07, 6.45) is 1.40. The number of halogens is 2. The van der Waals surface area contributed by atoms with Gasteiger partial charge in [-0.1, -0.05) is 11.8 Å². The van der Waals surface area contributed by atoms with Crippen molar-refractivity contribution in [3.8, 4) is 0 Å². The second kappa shape index (κ2) is 8.47. The minimum atomic E-state index is -2.51. The number of hydrogen-bond donors (Lipinski definition) is 1. The molecule has 1 aromatic carbocycles. The number of esters is 1. The molecule has 1 fully saturated rings. The molecule has 0 spiro atoms. The third kappa shape index (κ3) is 4.26. The SMILES string of the molecule is CCOC(=O)c1n[nH]nc1C1CCCN1C(=O)c1ccc(SC(F)F)cc1. The van der Waals surface area contributed by atoms with Crippen molar-refractivity contribution < 1.29 is 23.1 Å². The van der Waals surface area contributed by atoms with Crippen LogP contribution >= 0.6 is 11.8 Å². The number of carbonyl (C=O) groups is 2. The average Bonchev–Trinajstić information content (AvgIpc) is 3.30. The van der Waals surface area contributed by atoms with Gasteiger partial charge in [0.15, 0.2) is 5.69 Å². The fourth-order valence-electron chi connectivity index (χ4n) is 3.06. The van der Waals surface area contributed by atoms with Crippen molar-refractivity contribution in [3.05, 3.63) is 41.2 Å². The van der Waals surface area contributed by atoms with E-state index in [1.165, 1.54) is 24.3 Å². The molecule has 0 bridgehead atoms. The Morgan fingerprint density at radius 1 is 1.33 bits per heavy atom. The van der Waals surface area contributed by atoms with E-state index < -0.39 is 17.8 Å². The molecule has 1 aliphatic heterocycles. The van der Waals surface area contributed by atoms with E-state index in [-0.39, 0.29) is 18.2 Å². The number of thioether (sulfide) groups is 1. The summed E-state index contributed by atoms with van der Waals surface area (Å²) < 4.78 is 29.8. The third-order valence-corrected chi connectivity index (χ3v) is 4.92. The Morgan fingerprint density at radius 3 is 2.74 bits per heavy atom. The van der Waals surface area contributed by atoms with Crippen LogP contribution in [0.15, 0.2) is 29.2 Å². The number of H-pyrrole nitrogens is 1. The Morgan fingerprint density at radius 2 is 2.07 bits per heavy atom. The van der Waals surface area contributed by atoms with E-state index in [4.69, 9.17) is 4.74 Å². The van der Waals surface area contributed by atoms with E-state index in [0.29, 0.717) is 40.9 Å². The second-order valence-corrected chi connectivity index (χ2v) is 6.90. The molecule has 1 unspecified atom stereocenters. The first kappa shape index (κ1) is 19.3. The van der Waals surface area contributed by atoms with Crippen LogP contribution in [0, 0.1) is 0 Å². The van der Waals surface area contributed by atoms with Gasteiger partial charge >= 0.3 is 5.97 Å². The van der Waals surface area contributed by atoms with Crippen molar-refractivity contribution in [2.24, 2.45) is 0 Å². The third-order valence-electron chi connectivity index (χ3n) is 4.20. The van der Waals surface area contributed by atoms with E-state index in [9.17, 15) is 18.4 Å². The zero-order valence-corrected chi connectivity index (χ0v) is 15.3. The maximum atomic E-state index is 12.9. The number of benzene rings is 1. The number of nitrogens with one attached hydrogen (secondary N) is 1. The number of alkyl halides is 2. The molecular formula is C17H18F2N4O3S. The molecule has 10 heteroatoms. The quantitative estimate of drug-likeness (QED) is 0.596. The van der Waals surface area contributed by atoms with Gasteiger partial charge in [0.25, 0.3) is 11.7 Å². The Hall–Kier alpha value is -2.49. The Bertz CT molecular complexity index is 813. The minimum absolute atomic E-state index is 0.0743. The van der Waals surface area contributed by atoms with Crippen molar-refractivity contribution in [1.29, 1.82) is 0 Å². The predicted molar refractivity (Wildman–Crippen MR) is 93.7 cm³/mol. The van der Waals surface area contributed by atoms with Gasteiger partial charge < -0.3 is 9.64 Å². The molecule has 0 saturated carbocycles. The van der Waals surface area contributed by atoms with E-state index in [0.717, 1.165) is 6.42 Å². The zero-order valence-electron chi connectivity index (χ0n) is 14.5. The number of nitrogens with zero attached hydrogens (tertiary/aromatic N) is 3. The molecule has 144 valence electrons. The first-order valence-electron chi connectivity index (χ1n) is 8.45. The molecule has 2 aromatic rings. The molecule has 0 aliphatic carbocycles. The number of likely N-dealkylation sites (tertiary alicyclic amines) is 1. The van der Waals surface area contributed by atoms with Crippen LogP contribution in [-0.4, -0.2) is 51.1 Å². The van der Waals surface area contributed by atoms with Crippen LogP contribution in [0.5, 0.6) is 0 Å². The monoisotopic (exact) mass is 396 g/mol. The first-order chi connectivity index (χ1) is 13.0. The van der Waals surface area contributed by atoms with Crippen LogP contribution < -0.4 is 0 Å². The standard InChI is InChI=1S/C17H18F2N4O3S/c1-2-26-16(25)14-13(20-22-21-14)12-4-3-9-23(12)15(24)10-5-7-11(8-6-10)27-17(18)19/h5-8,12,17H,2-4,9H2,1H3,(H,20,21,22). The summed E-state index contributed by atoms with van der Waals surface area (Å²) in [6, 6.07) is 5.64. The molecule has 1 saturated heterocycles.